The summed E-state index contributed by atoms with van der Waals surface area (Å²) in [6.07, 6.45) is -1.13. The van der Waals surface area contributed by atoms with Crippen molar-refractivity contribution in [3.63, 3.8) is 0 Å². The molecule has 0 heterocycles. The highest BCUT2D eigenvalue weighted by molar-refractivity contribution is 7.89. The van der Waals surface area contributed by atoms with Gasteiger partial charge in [-0.25, -0.2) is 8.42 Å². The van der Waals surface area contributed by atoms with Crippen molar-refractivity contribution in [2.45, 2.75) is 50.5 Å². The van der Waals surface area contributed by atoms with Gasteiger partial charge in [-0.2, -0.15) is 4.31 Å². The van der Waals surface area contributed by atoms with Crippen LogP contribution >= 0.6 is 7.60 Å². The van der Waals surface area contributed by atoms with Gasteiger partial charge in [0.15, 0.2) is 6.35 Å². The maximum Gasteiger partial charge on any atom is 0.368 e. The molecule has 4 rings (SSSR count). The van der Waals surface area contributed by atoms with E-state index in [1.54, 1.807) is 24.3 Å². The van der Waals surface area contributed by atoms with Crippen LogP contribution in [0.25, 0.3) is 0 Å². The molecule has 0 saturated heterocycles. The molecule has 0 spiro atoms. The molecule has 0 aliphatic rings. The Bertz CT molecular complexity index is 1630. The quantitative estimate of drug-likeness (QED) is 0.0872. The zero-order valence-corrected chi connectivity index (χ0v) is 28.4. The summed E-state index contributed by atoms with van der Waals surface area (Å²) in [5, 5.41) is 11.0. The molecule has 0 unspecified atom stereocenters. The van der Waals surface area contributed by atoms with Gasteiger partial charge in [-0.05, 0) is 65.4 Å². The molecule has 0 saturated carbocycles. The zero-order valence-electron chi connectivity index (χ0n) is 26.7. The Hall–Kier alpha value is -3.54. The van der Waals surface area contributed by atoms with Crippen molar-refractivity contribution in [1.29, 1.82) is 0 Å². The van der Waals surface area contributed by atoms with Crippen molar-refractivity contribution in [3.05, 3.63) is 126 Å². The van der Waals surface area contributed by atoms with Crippen LogP contribution in [-0.4, -0.2) is 49.4 Å². The first-order valence-electron chi connectivity index (χ1n) is 15.4. The SMILES string of the molecule is CC(C)CN(C[C@@H](O)[C@@H](N)Cc1ccc(OCP(=O)(OCc2ccccc2)OCc2ccccc2)cc1)S(=O)(=O)c1ccc(N)cc1. The lowest BCUT2D eigenvalue weighted by molar-refractivity contribution is 0.116. The first-order valence-corrected chi connectivity index (χ1v) is 18.6. The van der Waals surface area contributed by atoms with Gasteiger partial charge in [0.2, 0.25) is 10.0 Å². The lowest BCUT2D eigenvalue weighted by Gasteiger charge is -2.28. The first-order chi connectivity index (χ1) is 22.4. The summed E-state index contributed by atoms with van der Waals surface area (Å²) in [6.45, 7) is 4.08. The third kappa shape index (κ3) is 11.3. The smallest absolute Gasteiger partial charge is 0.368 e. The topological polar surface area (TPSA) is 154 Å². The molecule has 0 aliphatic heterocycles. The molecule has 10 nitrogen and oxygen atoms in total. The zero-order chi connectivity index (χ0) is 33.9. The second-order valence-corrected chi connectivity index (χ2v) is 15.7. The second kappa shape index (κ2) is 17.0. The number of nitrogens with two attached hydrogens (primary N) is 2. The number of ether oxygens (including phenoxy) is 1. The predicted molar refractivity (Wildman–Crippen MR) is 184 cm³/mol. The molecular formula is C35H44N3O7PS. The molecule has 4 aromatic carbocycles. The summed E-state index contributed by atoms with van der Waals surface area (Å²) in [7, 11) is -7.54. The van der Waals surface area contributed by atoms with Crippen molar-refractivity contribution in [2.24, 2.45) is 11.7 Å². The molecule has 47 heavy (non-hydrogen) atoms. The molecule has 12 heteroatoms. The Balaban J connectivity index is 1.36. The van der Waals surface area contributed by atoms with Crippen LogP contribution in [0.5, 0.6) is 5.75 Å². The summed E-state index contributed by atoms with van der Waals surface area (Å²) in [6, 6.07) is 31.1. The normalized spacial score (nSPS) is 13.5. The van der Waals surface area contributed by atoms with Crippen LogP contribution in [0, 0.1) is 5.92 Å². The number of hydrogen-bond acceptors (Lipinski definition) is 9. The van der Waals surface area contributed by atoms with Gasteiger partial charge in [0.25, 0.3) is 0 Å². The standard InChI is InChI=1S/C35H44N3O7PS/c1-27(2)22-38(47(41,42)33-19-15-31(36)16-20-33)23-35(39)34(37)21-28-13-17-32(18-14-28)43-26-46(40,44-24-29-9-5-3-6-10-29)45-25-30-11-7-4-8-12-30/h3-20,27,34-35,39H,21-26,36-37H2,1-2H3/t34-,35+/m0/s1. The summed E-state index contributed by atoms with van der Waals surface area (Å²) in [5.41, 5.74) is 15.1. The fraction of sp³-hybridized carbons (Fsp3) is 0.314. The third-order valence-electron chi connectivity index (χ3n) is 7.30. The van der Waals surface area contributed by atoms with Gasteiger partial charge in [0, 0.05) is 24.8 Å². The Labute approximate surface area is 277 Å². The van der Waals surface area contributed by atoms with Gasteiger partial charge in [-0.1, -0.05) is 86.6 Å². The Morgan fingerprint density at radius 3 is 1.81 bits per heavy atom. The molecule has 5 N–H and O–H groups in total. The van der Waals surface area contributed by atoms with E-state index in [4.69, 9.17) is 25.3 Å². The van der Waals surface area contributed by atoms with E-state index in [0.29, 0.717) is 11.4 Å². The van der Waals surface area contributed by atoms with E-state index in [1.165, 1.54) is 28.6 Å². The number of hydrogen-bond donors (Lipinski definition) is 3. The molecule has 0 amide bonds. The number of anilines is 1. The van der Waals surface area contributed by atoms with E-state index in [2.05, 4.69) is 0 Å². The fourth-order valence-electron chi connectivity index (χ4n) is 4.70. The van der Waals surface area contributed by atoms with Gasteiger partial charge in [-0.15, -0.1) is 0 Å². The van der Waals surface area contributed by atoms with E-state index in [0.717, 1.165) is 16.7 Å². The minimum atomic E-state index is -3.88. The monoisotopic (exact) mass is 681 g/mol. The van der Waals surface area contributed by atoms with E-state index in [-0.39, 0.29) is 49.9 Å². The van der Waals surface area contributed by atoms with Gasteiger partial charge >= 0.3 is 7.60 Å². The molecule has 0 bridgehead atoms. The second-order valence-electron chi connectivity index (χ2n) is 11.8. The fourth-order valence-corrected chi connectivity index (χ4v) is 7.54. The Kier molecular flexibility index (Phi) is 13.2. The first kappa shape index (κ1) is 36.3. The van der Waals surface area contributed by atoms with Crippen LogP contribution in [0.2, 0.25) is 0 Å². The summed E-state index contributed by atoms with van der Waals surface area (Å²) in [4.78, 5) is 0.101. The van der Waals surface area contributed by atoms with Crippen molar-refractivity contribution in [2.75, 3.05) is 25.2 Å². The van der Waals surface area contributed by atoms with Crippen molar-refractivity contribution in [1.82, 2.24) is 4.31 Å². The van der Waals surface area contributed by atoms with Crippen molar-refractivity contribution >= 4 is 23.3 Å². The molecule has 0 aromatic heterocycles. The van der Waals surface area contributed by atoms with Crippen LogP contribution in [-0.2, 0) is 43.3 Å². The maximum absolute atomic E-state index is 13.7. The van der Waals surface area contributed by atoms with E-state index in [1.807, 2.05) is 74.5 Å². The van der Waals surface area contributed by atoms with Gasteiger partial charge in [0.05, 0.1) is 24.2 Å². The van der Waals surface area contributed by atoms with Crippen LogP contribution in [0.15, 0.2) is 114 Å². The molecule has 4 aromatic rings. The molecule has 0 radical (unpaired) electrons. The molecular weight excluding hydrogens is 637 g/mol. The molecule has 2 atom stereocenters. The van der Waals surface area contributed by atoms with Crippen molar-refractivity contribution < 1.29 is 31.9 Å². The molecule has 0 aliphatic carbocycles. The maximum atomic E-state index is 13.7. The number of rotatable bonds is 18. The number of nitrogens with zero attached hydrogens (tertiary/aromatic N) is 1. The van der Waals surface area contributed by atoms with Crippen LogP contribution in [0.1, 0.15) is 30.5 Å². The highest BCUT2D eigenvalue weighted by Crippen LogP contribution is 2.49. The average Bonchev–Trinajstić information content (AvgIpc) is 3.07. The van der Waals surface area contributed by atoms with Crippen LogP contribution < -0.4 is 16.2 Å². The number of aliphatic hydroxyl groups excluding tert-OH is 1. The number of sulfonamides is 1. The predicted octanol–water partition coefficient (Wildman–Crippen LogP) is 5.81. The minimum Gasteiger partial charge on any atom is -0.481 e. The largest absolute Gasteiger partial charge is 0.481 e. The van der Waals surface area contributed by atoms with Gasteiger partial charge in [0.1, 0.15) is 5.75 Å². The summed E-state index contributed by atoms with van der Waals surface area (Å²) >= 11 is 0. The van der Waals surface area contributed by atoms with Crippen LogP contribution in [0.3, 0.4) is 0 Å². The average molecular weight is 682 g/mol. The number of aliphatic hydroxyl groups is 1. The molecule has 0 fully saturated rings. The van der Waals surface area contributed by atoms with E-state index < -0.39 is 29.8 Å². The highest BCUT2D eigenvalue weighted by atomic mass is 32.2. The van der Waals surface area contributed by atoms with Crippen molar-refractivity contribution in [3.8, 4) is 5.75 Å². The summed E-state index contributed by atoms with van der Waals surface area (Å²) < 4.78 is 59.1. The lowest BCUT2D eigenvalue weighted by Crippen LogP contribution is -2.47. The van der Waals surface area contributed by atoms with Gasteiger partial charge in [-0.3, -0.25) is 4.57 Å². The molecule has 252 valence electrons. The van der Waals surface area contributed by atoms with Gasteiger partial charge < -0.3 is 30.4 Å². The third-order valence-corrected chi connectivity index (χ3v) is 10.6. The van der Waals surface area contributed by atoms with Crippen LogP contribution in [0.4, 0.5) is 5.69 Å². The summed E-state index contributed by atoms with van der Waals surface area (Å²) in [5.74, 6) is 0.477. The number of benzene rings is 4. The van der Waals surface area contributed by atoms with E-state index in [9.17, 15) is 18.1 Å². The Morgan fingerprint density at radius 2 is 1.30 bits per heavy atom. The highest BCUT2D eigenvalue weighted by Gasteiger charge is 2.30. The van der Waals surface area contributed by atoms with E-state index >= 15 is 0 Å². The lowest BCUT2D eigenvalue weighted by atomic mass is 10.0. The number of nitrogen functional groups attached to an aromatic ring is 1. The minimum absolute atomic E-state index is 0.0253. The Morgan fingerprint density at radius 1 is 0.766 bits per heavy atom.